The molecule has 180 valence electrons. The van der Waals surface area contributed by atoms with E-state index in [0.29, 0.717) is 32.5 Å². The van der Waals surface area contributed by atoms with E-state index in [-0.39, 0.29) is 19.9 Å². The Balaban J connectivity index is 2.16. The van der Waals surface area contributed by atoms with Crippen LogP contribution in [0.2, 0.25) is 0 Å². The summed E-state index contributed by atoms with van der Waals surface area (Å²) in [7, 11) is 0. The molecule has 0 aliphatic rings. The first-order valence-corrected chi connectivity index (χ1v) is 11.7. The predicted octanol–water partition coefficient (Wildman–Crippen LogP) is 6.06. The van der Waals surface area contributed by atoms with Crippen LogP contribution in [0.15, 0.2) is 66.8 Å². The normalized spacial score (nSPS) is 10.8. The van der Waals surface area contributed by atoms with Crippen molar-refractivity contribution in [1.82, 2.24) is 0 Å². The molecule has 0 radical (unpaired) electrons. The van der Waals surface area contributed by atoms with Crippen molar-refractivity contribution in [3.05, 3.63) is 72.3 Å². The standard InChI is InChI=1S/C28H37FO4/c1-22(20-30)13-16-32-26-10-7-9-25(18-26)28-19-27(33-17-14-23(2)21-31)12-11-24(28)8-5-3-4-6-15-29/h7,9-12,18-19,30-31H,1-6,8,13-17,20-21H2. The monoisotopic (exact) mass is 456 g/mol. The number of alkyl halides is 1. The number of rotatable bonds is 17. The number of aryl methyl sites for hydroxylation is 1. The number of benzene rings is 2. The minimum atomic E-state index is -0.252. The van der Waals surface area contributed by atoms with E-state index in [1.165, 1.54) is 5.56 Å². The highest BCUT2D eigenvalue weighted by Crippen LogP contribution is 2.32. The lowest BCUT2D eigenvalue weighted by atomic mass is 9.95. The third-order valence-corrected chi connectivity index (χ3v) is 5.45. The molecule has 0 saturated heterocycles. The van der Waals surface area contributed by atoms with E-state index in [9.17, 15) is 4.39 Å². The van der Waals surface area contributed by atoms with Crippen molar-refractivity contribution in [3.63, 3.8) is 0 Å². The number of hydrogen-bond donors (Lipinski definition) is 2. The topological polar surface area (TPSA) is 58.9 Å². The second-order valence-electron chi connectivity index (χ2n) is 8.21. The highest BCUT2D eigenvalue weighted by molar-refractivity contribution is 5.70. The molecule has 0 spiro atoms. The third-order valence-electron chi connectivity index (χ3n) is 5.45. The largest absolute Gasteiger partial charge is 0.493 e. The van der Waals surface area contributed by atoms with Crippen LogP contribution < -0.4 is 9.47 Å². The minimum Gasteiger partial charge on any atom is -0.493 e. The van der Waals surface area contributed by atoms with Gasteiger partial charge in [-0.2, -0.15) is 0 Å². The van der Waals surface area contributed by atoms with Gasteiger partial charge in [0.1, 0.15) is 11.5 Å². The molecule has 2 N–H and O–H groups in total. The Kier molecular flexibility index (Phi) is 12.3. The smallest absolute Gasteiger partial charge is 0.119 e. The highest BCUT2D eigenvalue weighted by Gasteiger charge is 2.10. The van der Waals surface area contributed by atoms with Gasteiger partial charge < -0.3 is 19.7 Å². The van der Waals surface area contributed by atoms with Crippen molar-refractivity contribution < 1.29 is 24.1 Å². The van der Waals surface area contributed by atoms with Crippen molar-refractivity contribution in [2.75, 3.05) is 33.1 Å². The Morgan fingerprint density at radius 3 is 2.06 bits per heavy atom. The van der Waals surface area contributed by atoms with Crippen LogP contribution in [0.1, 0.15) is 44.1 Å². The Bertz CT molecular complexity index is 878. The number of aliphatic hydroxyl groups is 2. The summed E-state index contributed by atoms with van der Waals surface area (Å²) < 4.78 is 24.2. The molecule has 0 saturated carbocycles. The van der Waals surface area contributed by atoms with E-state index in [1.807, 2.05) is 30.3 Å². The van der Waals surface area contributed by atoms with E-state index in [2.05, 4.69) is 25.3 Å². The summed E-state index contributed by atoms with van der Waals surface area (Å²) >= 11 is 0. The predicted molar refractivity (Wildman–Crippen MR) is 133 cm³/mol. The molecule has 0 aromatic heterocycles. The number of ether oxygens (including phenoxy) is 2. The zero-order valence-corrected chi connectivity index (χ0v) is 19.5. The Morgan fingerprint density at radius 2 is 1.42 bits per heavy atom. The quantitative estimate of drug-likeness (QED) is 0.224. The fourth-order valence-corrected chi connectivity index (χ4v) is 3.43. The first kappa shape index (κ1) is 26.6. The van der Waals surface area contributed by atoms with Gasteiger partial charge in [-0.3, -0.25) is 4.39 Å². The van der Waals surface area contributed by atoms with Crippen LogP contribution >= 0.6 is 0 Å². The highest BCUT2D eigenvalue weighted by atomic mass is 19.1. The molecule has 0 amide bonds. The van der Waals surface area contributed by atoms with E-state index in [0.717, 1.165) is 59.5 Å². The SMILES string of the molecule is C=C(CO)CCOc1cccc(-c2cc(OCCC(=C)CO)ccc2CCCCCCF)c1. The first-order valence-electron chi connectivity index (χ1n) is 11.7. The summed E-state index contributed by atoms with van der Waals surface area (Å²) in [5, 5.41) is 18.2. The van der Waals surface area contributed by atoms with Gasteiger partial charge in [0.05, 0.1) is 33.1 Å². The van der Waals surface area contributed by atoms with Crippen LogP contribution in [0.25, 0.3) is 11.1 Å². The molecule has 2 aromatic carbocycles. The van der Waals surface area contributed by atoms with Crippen LogP contribution in [0.5, 0.6) is 11.5 Å². The van der Waals surface area contributed by atoms with Crippen LogP contribution in [0, 0.1) is 0 Å². The second kappa shape index (κ2) is 15.3. The average Bonchev–Trinajstić information content (AvgIpc) is 2.84. The second-order valence-corrected chi connectivity index (χ2v) is 8.21. The van der Waals surface area contributed by atoms with E-state index < -0.39 is 0 Å². The maximum Gasteiger partial charge on any atom is 0.119 e. The zero-order chi connectivity index (χ0) is 23.9. The maximum absolute atomic E-state index is 12.4. The summed E-state index contributed by atoms with van der Waals surface area (Å²) in [6.07, 6.45) is 5.65. The van der Waals surface area contributed by atoms with Crippen molar-refractivity contribution in [2.45, 2.75) is 44.9 Å². The van der Waals surface area contributed by atoms with Gasteiger partial charge in [0.25, 0.3) is 0 Å². The van der Waals surface area contributed by atoms with Gasteiger partial charge in [-0.05, 0) is 71.4 Å². The minimum absolute atomic E-state index is 0.0312. The van der Waals surface area contributed by atoms with Crippen molar-refractivity contribution in [3.8, 4) is 22.6 Å². The van der Waals surface area contributed by atoms with Crippen LogP contribution in [0.4, 0.5) is 4.39 Å². The molecular formula is C28H37FO4. The van der Waals surface area contributed by atoms with Crippen molar-refractivity contribution >= 4 is 0 Å². The summed E-state index contributed by atoms with van der Waals surface area (Å²) in [6, 6.07) is 14.1. The maximum atomic E-state index is 12.4. The Morgan fingerprint density at radius 1 is 0.788 bits per heavy atom. The lowest BCUT2D eigenvalue weighted by Crippen LogP contribution is -2.02. The van der Waals surface area contributed by atoms with Gasteiger partial charge in [-0.15, -0.1) is 0 Å². The molecule has 0 bridgehead atoms. The summed E-state index contributed by atoms with van der Waals surface area (Å²) in [5.74, 6) is 1.53. The third kappa shape index (κ3) is 9.80. The molecule has 0 aliphatic heterocycles. The molecule has 0 atom stereocenters. The van der Waals surface area contributed by atoms with Gasteiger partial charge >= 0.3 is 0 Å². The summed E-state index contributed by atoms with van der Waals surface area (Å²) in [6.45, 7) is 8.20. The Labute approximate surface area is 197 Å². The van der Waals surface area contributed by atoms with Gasteiger partial charge in [0, 0.05) is 12.8 Å². The molecule has 0 unspecified atom stereocenters. The Hall–Kier alpha value is -2.63. The van der Waals surface area contributed by atoms with E-state index in [4.69, 9.17) is 19.7 Å². The number of aliphatic hydroxyl groups excluding tert-OH is 2. The molecule has 0 aliphatic carbocycles. The first-order chi connectivity index (χ1) is 16.1. The van der Waals surface area contributed by atoms with Crippen molar-refractivity contribution in [2.24, 2.45) is 0 Å². The van der Waals surface area contributed by atoms with Crippen LogP contribution in [-0.2, 0) is 6.42 Å². The molecule has 0 heterocycles. The van der Waals surface area contributed by atoms with Gasteiger partial charge in [0.15, 0.2) is 0 Å². The molecule has 33 heavy (non-hydrogen) atoms. The van der Waals surface area contributed by atoms with Gasteiger partial charge in [-0.1, -0.05) is 44.2 Å². The van der Waals surface area contributed by atoms with E-state index in [1.54, 1.807) is 0 Å². The molecule has 5 heteroatoms. The van der Waals surface area contributed by atoms with Crippen LogP contribution in [0.3, 0.4) is 0 Å². The number of halogens is 1. The summed E-state index contributed by atoms with van der Waals surface area (Å²) in [4.78, 5) is 0. The number of unbranched alkanes of at least 4 members (excludes halogenated alkanes) is 3. The van der Waals surface area contributed by atoms with E-state index >= 15 is 0 Å². The fourth-order valence-electron chi connectivity index (χ4n) is 3.43. The summed E-state index contributed by atoms with van der Waals surface area (Å²) in [5.41, 5.74) is 4.83. The molecule has 4 nitrogen and oxygen atoms in total. The van der Waals surface area contributed by atoms with Crippen LogP contribution in [-0.4, -0.2) is 43.3 Å². The number of hydrogen-bond acceptors (Lipinski definition) is 4. The average molecular weight is 457 g/mol. The molecule has 2 rings (SSSR count). The molecule has 0 fully saturated rings. The van der Waals surface area contributed by atoms with Gasteiger partial charge in [-0.25, -0.2) is 0 Å². The molecular weight excluding hydrogens is 419 g/mol. The fraction of sp³-hybridized carbons (Fsp3) is 0.429. The van der Waals surface area contributed by atoms with Gasteiger partial charge in [0.2, 0.25) is 0 Å². The zero-order valence-electron chi connectivity index (χ0n) is 19.5. The van der Waals surface area contributed by atoms with Crippen molar-refractivity contribution in [1.29, 1.82) is 0 Å². The lowest BCUT2D eigenvalue weighted by molar-refractivity contribution is 0.294. The lowest BCUT2D eigenvalue weighted by Gasteiger charge is -2.15. The molecule has 2 aromatic rings.